The fourth-order valence-electron chi connectivity index (χ4n) is 1.12. The monoisotopic (exact) mass is 163 g/mol. The molecule has 0 radical (unpaired) electrons. The molecule has 1 amide bonds. The third kappa shape index (κ3) is 0.972. The molecule has 0 aromatic heterocycles. The highest BCUT2D eigenvalue weighted by Gasteiger charge is 2.30. The van der Waals surface area contributed by atoms with Gasteiger partial charge >= 0.3 is 12.1 Å². The highest BCUT2D eigenvalue weighted by atomic mass is 16.6. The van der Waals surface area contributed by atoms with Gasteiger partial charge in [0.1, 0.15) is 5.92 Å². The standard InChI is InChI=1S/C8H5NO3/c10-7-5-3-1-2-4-6(5)9-8(11)12-7/h1-5H. The topological polar surface area (TPSA) is 55.7 Å². The van der Waals surface area contributed by atoms with Crippen LogP contribution in [0.3, 0.4) is 0 Å². The van der Waals surface area contributed by atoms with E-state index < -0.39 is 18.0 Å². The fraction of sp³-hybridized carbons (Fsp3) is 0.125. The summed E-state index contributed by atoms with van der Waals surface area (Å²) in [4.78, 5) is 25.2. The molecule has 2 aliphatic rings. The Bertz CT molecular complexity index is 338. The number of allylic oxidation sites excluding steroid dienone is 3. The van der Waals surface area contributed by atoms with E-state index in [2.05, 4.69) is 9.73 Å². The molecule has 2 rings (SSSR count). The van der Waals surface area contributed by atoms with Gasteiger partial charge in [-0.25, -0.2) is 4.79 Å². The number of ether oxygens (including phenoxy) is 1. The van der Waals surface area contributed by atoms with Gasteiger partial charge in [-0.2, -0.15) is 4.99 Å². The number of carbonyl (C=O) groups is 2. The summed E-state index contributed by atoms with van der Waals surface area (Å²) in [6, 6.07) is 0. The molecule has 0 fully saturated rings. The van der Waals surface area contributed by atoms with Crippen molar-refractivity contribution < 1.29 is 14.3 Å². The Balaban J connectivity index is 2.43. The molecule has 1 aliphatic carbocycles. The van der Waals surface area contributed by atoms with Gasteiger partial charge in [-0.1, -0.05) is 18.2 Å². The minimum Gasteiger partial charge on any atom is -0.374 e. The molecule has 0 aromatic carbocycles. The number of rotatable bonds is 0. The van der Waals surface area contributed by atoms with E-state index in [9.17, 15) is 9.59 Å². The molecule has 4 heteroatoms. The van der Waals surface area contributed by atoms with Crippen molar-refractivity contribution in [3.63, 3.8) is 0 Å². The lowest BCUT2D eigenvalue weighted by molar-refractivity contribution is -0.138. The van der Waals surface area contributed by atoms with Crippen molar-refractivity contribution in [3.05, 3.63) is 24.3 Å². The van der Waals surface area contributed by atoms with Crippen LogP contribution in [0.15, 0.2) is 29.3 Å². The van der Waals surface area contributed by atoms with Crippen molar-refractivity contribution in [1.82, 2.24) is 0 Å². The van der Waals surface area contributed by atoms with Gasteiger partial charge in [0.2, 0.25) is 0 Å². The first-order chi connectivity index (χ1) is 5.77. The van der Waals surface area contributed by atoms with Crippen LogP contribution in [0, 0.1) is 5.92 Å². The van der Waals surface area contributed by atoms with Crippen LogP contribution in [0.1, 0.15) is 0 Å². The molecule has 0 N–H and O–H groups in total. The third-order valence-electron chi connectivity index (χ3n) is 1.66. The minimum atomic E-state index is -0.828. The maximum absolute atomic E-state index is 11.0. The average Bonchev–Trinajstić information content (AvgIpc) is 2.04. The molecule has 1 heterocycles. The maximum atomic E-state index is 11.0. The van der Waals surface area contributed by atoms with Crippen LogP contribution in [0.25, 0.3) is 0 Å². The van der Waals surface area contributed by atoms with Crippen molar-refractivity contribution in [1.29, 1.82) is 0 Å². The number of amides is 1. The van der Waals surface area contributed by atoms with Crippen LogP contribution in [-0.4, -0.2) is 17.8 Å². The van der Waals surface area contributed by atoms with Crippen LogP contribution in [0.5, 0.6) is 0 Å². The van der Waals surface area contributed by atoms with E-state index in [0.717, 1.165) is 0 Å². The normalized spacial score (nSPS) is 26.3. The summed E-state index contributed by atoms with van der Waals surface area (Å²) in [6.45, 7) is 0. The van der Waals surface area contributed by atoms with Gasteiger partial charge in [-0.15, -0.1) is 0 Å². The SMILES string of the molecule is O=C1N=C2C=CC=CC2C(=O)O1. The zero-order valence-corrected chi connectivity index (χ0v) is 6.06. The first-order valence-electron chi connectivity index (χ1n) is 3.46. The van der Waals surface area contributed by atoms with Crippen LogP contribution in [0.4, 0.5) is 4.79 Å². The Kier molecular flexibility index (Phi) is 1.40. The molecule has 0 aromatic rings. The van der Waals surface area contributed by atoms with E-state index >= 15 is 0 Å². The van der Waals surface area contributed by atoms with E-state index in [4.69, 9.17) is 0 Å². The summed E-state index contributed by atoms with van der Waals surface area (Å²) < 4.78 is 4.31. The Morgan fingerprint density at radius 3 is 3.00 bits per heavy atom. The molecule has 1 unspecified atom stereocenters. The Hall–Kier alpha value is -1.71. The minimum absolute atomic E-state index is 0.457. The van der Waals surface area contributed by atoms with Gasteiger partial charge in [-0.05, 0) is 6.08 Å². The maximum Gasteiger partial charge on any atom is 0.441 e. The largest absolute Gasteiger partial charge is 0.441 e. The molecule has 0 bridgehead atoms. The zero-order valence-electron chi connectivity index (χ0n) is 6.06. The second kappa shape index (κ2) is 2.41. The number of aliphatic imine (C=N–C) groups is 1. The quantitative estimate of drug-likeness (QED) is 0.393. The lowest BCUT2D eigenvalue weighted by Gasteiger charge is -2.16. The summed E-state index contributed by atoms with van der Waals surface area (Å²) in [7, 11) is 0. The lowest BCUT2D eigenvalue weighted by atomic mass is 9.98. The Morgan fingerprint density at radius 2 is 2.17 bits per heavy atom. The predicted molar refractivity (Wildman–Crippen MR) is 40.7 cm³/mol. The molecule has 0 saturated carbocycles. The first-order valence-corrected chi connectivity index (χ1v) is 3.46. The van der Waals surface area contributed by atoms with Crippen molar-refractivity contribution in [2.24, 2.45) is 10.9 Å². The van der Waals surface area contributed by atoms with E-state index in [0.29, 0.717) is 5.71 Å². The average molecular weight is 163 g/mol. The van der Waals surface area contributed by atoms with Crippen LogP contribution in [-0.2, 0) is 9.53 Å². The molecule has 4 nitrogen and oxygen atoms in total. The fourth-order valence-corrected chi connectivity index (χ4v) is 1.12. The highest BCUT2D eigenvalue weighted by Crippen LogP contribution is 2.16. The van der Waals surface area contributed by atoms with E-state index in [-0.39, 0.29) is 0 Å². The van der Waals surface area contributed by atoms with Crippen molar-refractivity contribution in [3.8, 4) is 0 Å². The van der Waals surface area contributed by atoms with E-state index in [1.54, 1.807) is 24.3 Å². The summed E-state index contributed by atoms with van der Waals surface area (Å²) >= 11 is 0. The Morgan fingerprint density at radius 1 is 1.33 bits per heavy atom. The second-order valence-corrected chi connectivity index (χ2v) is 2.45. The third-order valence-corrected chi connectivity index (χ3v) is 1.66. The number of esters is 1. The number of carbonyl (C=O) groups excluding carboxylic acids is 2. The van der Waals surface area contributed by atoms with Crippen molar-refractivity contribution in [2.45, 2.75) is 0 Å². The predicted octanol–water partition coefficient (Wildman–Crippen LogP) is 0.846. The molecule has 0 spiro atoms. The van der Waals surface area contributed by atoms with Gasteiger partial charge in [0.15, 0.2) is 0 Å². The van der Waals surface area contributed by atoms with Crippen LogP contribution < -0.4 is 0 Å². The number of fused-ring (bicyclic) bond motifs is 1. The van der Waals surface area contributed by atoms with Crippen LogP contribution >= 0.6 is 0 Å². The number of hydrogen-bond donors (Lipinski definition) is 0. The van der Waals surface area contributed by atoms with E-state index in [1.165, 1.54) is 0 Å². The smallest absolute Gasteiger partial charge is 0.374 e. The molecular weight excluding hydrogens is 158 g/mol. The van der Waals surface area contributed by atoms with Gasteiger partial charge in [0.05, 0.1) is 5.71 Å². The van der Waals surface area contributed by atoms with Crippen molar-refractivity contribution in [2.75, 3.05) is 0 Å². The van der Waals surface area contributed by atoms with Gasteiger partial charge in [0, 0.05) is 0 Å². The number of nitrogens with zero attached hydrogens (tertiary/aromatic N) is 1. The highest BCUT2D eigenvalue weighted by molar-refractivity contribution is 6.18. The van der Waals surface area contributed by atoms with Gasteiger partial charge in [0.25, 0.3) is 0 Å². The van der Waals surface area contributed by atoms with Gasteiger partial charge < -0.3 is 4.74 Å². The molecule has 0 saturated heterocycles. The molecular formula is C8H5NO3. The summed E-state index contributed by atoms with van der Waals surface area (Å²) in [5.74, 6) is -1.04. The molecule has 60 valence electrons. The first kappa shape index (κ1) is 6.97. The lowest BCUT2D eigenvalue weighted by Crippen LogP contribution is -2.31. The Labute approximate surface area is 68.2 Å². The molecule has 1 aliphatic heterocycles. The molecule has 12 heavy (non-hydrogen) atoms. The molecule has 1 atom stereocenters. The summed E-state index contributed by atoms with van der Waals surface area (Å²) in [6.07, 6.45) is 5.89. The van der Waals surface area contributed by atoms with Crippen LogP contribution in [0.2, 0.25) is 0 Å². The summed E-state index contributed by atoms with van der Waals surface area (Å²) in [5, 5.41) is 0. The number of hydrogen-bond acceptors (Lipinski definition) is 3. The number of cyclic esters (lactones) is 2. The van der Waals surface area contributed by atoms with Gasteiger partial charge in [-0.3, -0.25) is 4.79 Å². The summed E-state index contributed by atoms with van der Waals surface area (Å²) in [5.41, 5.74) is 0.457. The van der Waals surface area contributed by atoms with Crippen molar-refractivity contribution >= 4 is 17.8 Å². The second-order valence-electron chi connectivity index (χ2n) is 2.45. The van der Waals surface area contributed by atoms with E-state index in [1.807, 2.05) is 0 Å². The zero-order chi connectivity index (χ0) is 8.55.